The molecule has 0 N–H and O–H groups in total. The van der Waals surface area contributed by atoms with Crippen LogP contribution in [0.25, 0.3) is 0 Å². The van der Waals surface area contributed by atoms with Crippen LogP contribution in [-0.4, -0.2) is 0 Å². The average molecular weight is 501 g/mol. The molecule has 0 nitrogen and oxygen atoms in total. The summed E-state index contributed by atoms with van der Waals surface area (Å²) < 4.78 is 76.6. The van der Waals surface area contributed by atoms with Gasteiger partial charge < -0.3 is 0 Å². The fraction of sp³-hybridized carbons (Fsp3) is 0.379. The van der Waals surface area contributed by atoms with Crippen molar-refractivity contribution >= 4 is 0 Å². The summed E-state index contributed by atoms with van der Waals surface area (Å²) >= 11 is 0. The fourth-order valence-electron chi connectivity index (χ4n) is 2.99. The molecular weight excluding hydrogens is 462 g/mol. The summed E-state index contributed by atoms with van der Waals surface area (Å²) in [6.45, 7) is 10.9. The first-order chi connectivity index (χ1) is 15.4. The molecule has 0 saturated carbocycles. The van der Waals surface area contributed by atoms with Crippen LogP contribution in [0, 0.1) is 34.9 Å². The van der Waals surface area contributed by atoms with Gasteiger partial charge in [0.25, 0.3) is 0 Å². The molecule has 0 unspecified atom stereocenters. The number of halogens is 6. The molecule has 0 heterocycles. The van der Waals surface area contributed by atoms with E-state index >= 15 is 0 Å². The van der Waals surface area contributed by atoms with Crippen molar-refractivity contribution in [2.45, 2.75) is 74.1 Å². The lowest BCUT2D eigenvalue weighted by molar-refractivity contribution is 0.494. The molecule has 3 aromatic rings. The zero-order valence-electron chi connectivity index (χ0n) is 19.7. The van der Waals surface area contributed by atoms with Gasteiger partial charge in [0.05, 0.1) is 0 Å². The van der Waals surface area contributed by atoms with Crippen molar-refractivity contribution in [2.75, 3.05) is 0 Å². The Labute approximate surface area is 207 Å². The molecule has 0 radical (unpaired) electrons. The summed E-state index contributed by atoms with van der Waals surface area (Å²) in [7, 11) is 0. The summed E-state index contributed by atoms with van der Waals surface area (Å²) in [6.07, 6.45) is 0. The number of hydrogen-bond acceptors (Lipinski definition) is 0. The third-order valence-electron chi connectivity index (χ3n) is 4.76. The molecule has 0 bridgehead atoms. The quantitative estimate of drug-likeness (QED) is 0.314. The van der Waals surface area contributed by atoms with Gasteiger partial charge in [-0.2, -0.15) is 0 Å². The maximum atomic E-state index is 12.9. The Hall–Kier alpha value is -2.76. The lowest BCUT2D eigenvalue weighted by Gasteiger charge is -2.06. The van der Waals surface area contributed by atoms with Crippen LogP contribution in [-0.2, 0) is 0 Å². The van der Waals surface area contributed by atoms with Crippen molar-refractivity contribution in [2.24, 2.45) is 0 Å². The second-order valence-electron chi connectivity index (χ2n) is 8.41. The van der Waals surface area contributed by atoms with Gasteiger partial charge in [-0.25, -0.2) is 26.3 Å². The molecule has 6 heteroatoms. The van der Waals surface area contributed by atoms with Gasteiger partial charge in [-0.3, -0.25) is 0 Å². The molecule has 0 aliphatic heterocycles. The Balaban J connectivity index is 0. The van der Waals surface area contributed by atoms with Gasteiger partial charge in [0.2, 0.25) is 0 Å². The minimum Gasteiger partial charge on any atom is -0.207 e. The molecular formula is C29H38F6. The minimum atomic E-state index is -0.767. The third-order valence-corrected chi connectivity index (χ3v) is 4.76. The molecule has 3 rings (SSSR count). The zero-order chi connectivity index (χ0) is 25.3. The average Bonchev–Trinajstić information content (AvgIpc) is 2.72. The van der Waals surface area contributed by atoms with Crippen LogP contribution >= 0.6 is 0 Å². The molecule has 35 heavy (non-hydrogen) atoms. The van der Waals surface area contributed by atoms with E-state index in [1.54, 1.807) is 19.9 Å². The Kier molecular flexibility index (Phi) is 15.7. The van der Waals surface area contributed by atoms with Crippen molar-refractivity contribution in [1.82, 2.24) is 0 Å². The van der Waals surface area contributed by atoms with Crippen molar-refractivity contribution in [1.29, 1.82) is 0 Å². The minimum absolute atomic E-state index is 0. The van der Waals surface area contributed by atoms with Crippen molar-refractivity contribution in [3.8, 4) is 0 Å². The van der Waals surface area contributed by atoms with Crippen LogP contribution in [0.15, 0.2) is 54.6 Å². The largest absolute Gasteiger partial charge is 0.207 e. The predicted molar refractivity (Wildman–Crippen MR) is 135 cm³/mol. The SMILES string of the molecule is C.C.CC(C)c1c(F)cccc1F.CC(C)c1cc(F)ccc1F.CC(C)c1cccc(F)c1F. The van der Waals surface area contributed by atoms with Gasteiger partial charge in [0.15, 0.2) is 11.6 Å². The fourth-order valence-corrected chi connectivity index (χ4v) is 2.99. The van der Waals surface area contributed by atoms with Crippen LogP contribution in [0.4, 0.5) is 26.3 Å². The molecule has 3 aromatic carbocycles. The Morgan fingerprint density at radius 3 is 1.31 bits per heavy atom. The number of benzene rings is 3. The maximum Gasteiger partial charge on any atom is 0.162 e. The maximum absolute atomic E-state index is 12.9. The van der Waals surface area contributed by atoms with Crippen LogP contribution in [0.3, 0.4) is 0 Å². The van der Waals surface area contributed by atoms with Crippen LogP contribution < -0.4 is 0 Å². The van der Waals surface area contributed by atoms with E-state index in [1.165, 1.54) is 30.3 Å². The zero-order valence-corrected chi connectivity index (χ0v) is 19.7. The van der Waals surface area contributed by atoms with Gasteiger partial charge in [-0.05, 0) is 65.3 Å². The van der Waals surface area contributed by atoms with Gasteiger partial charge in [-0.15, -0.1) is 0 Å². The first-order valence-electron chi connectivity index (χ1n) is 10.7. The van der Waals surface area contributed by atoms with E-state index < -0.39 is 23.3 Å². The van der Waals surface area contributed by atoms with Crippen molar-refractivity contribution < 1.29 is 26.3 Å². The molecule has 0 amide bonds. The molecule has 0 aliphatic carbocycles. The first kappa shape index (κ1) is 34.4. The lowest BCUT2D eigenvalue weighted by Crippen LogP contribution is -1.96. The molecule has 0 aliphatic rings. The first-order valence-corrected chi connectivity index (χ1v) is 10.7. The van der Waals surface area contributed by atoms with E-state index in [2.05, 4.69) is 0 Å². The normalized spacial score (nSPS) is 10.0. The second-order valence-corrected chi connectivity index (χ2v) is 8.41. The molecule has 0 saturated heterocycles. The summed E-state index contributed by atoms with van der Waals surface area (Å²) in [4.78, 5) is 0. The smallest absolute Gasteiger partial charge is 0.162 e. The second kappa shape index (κ2) is 16.0. The van der Waals surface area contributed by atoms with E-state index in [4.69, 9.17) is 0 Å². The van der Waals surface area contributed by atoms with Gasteiger partial charge >= 0.3 is 0 Å². The molecule has 0 spiro atoms. The lowest BCUT2D eigenvalue weighted by atomic mass is 10.0. The van der Waals surface area contributed by atoms with Gasteiger partial charge in [-0.1, -0.05) is 74.6 Å². The highest BCUT2D eigenvalue weighted by Gasteiger charge is 2.11. The monoisotopic (exact) mass is 500 g/mol. The van der Waals surface area contributed by atoms with E-state index in [9.17, 15) is 26.3 Å². The molecule has 196 valence electrons. The number of rotatable bonds is 3. The molecule has 0 fully saturated rings. The van der Waals surface area contributed by atoms with Crippen LogP contribution in [0.1, 0.15) is 90.8 Å². The molecule has 0 aromatic heterocycles. The molecule has 0 atom stereocenters. The van der Waals surface area contributed by atoms with Gasteiger partial charge in [0.1, 0.15) is 23.3 Å². The topological polar surface area (TPSA) is 0 Å². The highest BCUT2D eigenvalue weighted by Crippen LogP contribution is 2.21. The Morgan fingerprint density at radius 1 is 0.486 bits per heavy atom. The van der Waals surface area contributed by atoms with Crippen LogP contribution in [0.2, 0.25) is 0 Å². The van der Waals surface area contributed by atoms with Crippen LogP contribution in [0.5, 0.6) is 0 Å². The Bertz CT molecular complexity index is 999. The van der Waals surface area contributed by atoms with E-state index in [1.807, 2.05) is 27.7 Å². The summed E-state index contributed by atoms with van der Waals surface area (Å²) in [6, 6.07) is 11.7. The van der Waals surface area contributed by atoms with E-state index in [-0.39, 0.29) is 49.8 Å². The highest BCUT2D eigenvalue weighted by molar-refractivity contribution is 5.23. The van der Waals surface area contributed by atoms with Crippen molar-refractivity contribution in [3.63, 3.8) is 0 Å². The standard InChI is InChI=1S/3C9H10F2.2CH4/c1-6(2)8-5-7(10)3-4-9(8)11;1-6(2)9-7(10)4-3-5-8(9)11;1-6(2)7-4-3-5-8(10)9(7)11;;/h3*3-6H,1-2H3;2*1H4. The number of hydrogen-bond donors (Lipinski definition) is 0. The Morgan fingerprint density at radius 2 is 0.943 bits per heavy atom. The van der Waals surface area contributed by atoms with Gasteiger partial charge in [0, 0.05) is 5.56 Å². The summed E-state index contributed by atoms with van der Waals surface area (Å²) in [5, 5.41) is 0. The van der Waals surface area contributed by atoms with Crippen molar-refractivity contribution in [3.05, 3.63) is 106 Å². The predicted octanol–water partition coefficient (Wildman–Crippen LogP) is 10.5. The van der Waals surface area contributed by atoms with E-state index in [0.29, 0.717) is 11.1 Å². The summed E-state index contributed by atoms with van der Waals surface area (Å²) in [5.74, 6) is -3.15. The highest BCUT2D eigenvalue weighted by atomic mass is 19.2. The summed E-state index contributed by atoms with van der Waals surface area (Å²) in [5.41, 5.74) is 1.04. The van der Waals surface area contributed by atoms with E-state index in [0.717, 1.165) is 18.2 Å². The third kappa shape index (κ3) is 10.6.